The number of fused-ring (bicyclic) bond motifs is 1. The number of nitrogens with zero attached hydrogens (tertiary/aromatic N) is 3. The van der Waals surface area contributed by atoms with Crippen molar-refractivity contribution in [1.82, 2.24) is 18.4 Å². The molecule has 0 aliphatic heterocycles. The predicted octanol–water partition coefficient (Wildman–Crippen LogP) is 3.04. The van der Waals surface area contributed by atoms with Gasteiger partial charge in [-0.2, -0.15) is 13.1 Å². The SMILES string of the molecule is CNC(=O)c1ccc(CN(Cc2ccco2)S(=O)(=O)c2cccc3nsnc23)cc1. The van der Waals surface area contributed by atoms with Crippen molar-refractivity contribution in [2.24, 2.45) is 0 Å². The number of rotatable bonds is 7. The molecule has 0 spiro atoms. The van der Waals surface area contributed by atoms with Crippen LogP contribution in [0.1, 0.15) is 21.7 Å². The Labute approximate surface area is 177 Å². The van der Waals surface area contributed by atoms with Crippen LogP contribution in [0.4, 0.5) is 0 Å². The van der Waals surface area contributed by atoms with Crippen LogP contribution >= 0.6 is 11.7 Å². The Morgan fingerprint density at radius 3 is 2.57 bits per heavy atom. The van der Waals surface area contributed by atoms with E-state index in [1.165, 1.54) is 16.6 Å². The molecule has 0 radical (unpaired) electrons. The molecule has 30 heavy (non-hydrogen) atoms. The number of carbonyl (C=O) groups excluding carboxylic acids is 1. The van der Waals surface area contributed by atoms with Crippen LogP contribution in [0.5, 0.6) is 0 Å². The molecule has 4 aromatic rings. The highest BCUT2D eigenvalue weighted by Gasteiger charge is 2.28. The fraction of sp³-hybridized carbons (Fsp3) is 0.150. The first kappa shape index (κ1) is 20.2. The second-order valence-corrected chi connectivity index (χ2v) is 8.95. The quantitative estimate of drug-likeness (QED) is 0.472. The zero-order valence-corrected chi connectivity index (χ0v) is 17.6. The summed E-state index contributed by atoms with van der Waals surface area (Å²) in [6.07, 6.45) is 1.50. The fourth-order valence-corrected chi connectivity index (χ4v) is 5.19. The van der Waals surface area contributed by atoms with Gasteiger partial charge in [0.05, 0.1) is 24.5 Å². The van der Waals surface area contributed by atoms with Crippen molar-refractivity contribution < 1.29 is 17.6 Å². The van der Waals surface area contributed by atoms with Gasteiger partial charge in [0.2, 0.25) is 10.0 Å². The smallest absolute Gasteiger partial charge is 0.251 e. The maximum Gasteiger partial charge on any atom is 0.251 e. The molecular weight excluding hydrogens is 424 g/mol. The van der Waals surface area contributed by atoms with Gasteiger partial charge in [-0.15, -0.1) is 0 Å². The second-order valence-electron chi connectivity index (χ2n) is 6.52. The third-order valence-corrected chi connectivity index (χ3v) is 6.95. The number of amides is 1. The molecule has 154 valence electrons. The molecule has 2 heterocycles. The summed E-state index contributed by atoms with van der Waals surface area (Å²) >= 11 is 0.971. The van der Waals surface area contributed by atoms with Crippen molar-refractivity contribution in [1.29, 1.82) is 0 Å². The largest absolute Gasteiger partial charge is 0.468 e. The van der Waals surface area contributed by atoms with E-state index in [0.717, 1.165) is 17.3 Å². The van der Waals surface area contributed by atoms with Crippen LogP contribution in [0.15, 0.2) is 70.2 Å². The number of hydrogen-bond donors (Lipinski definition) is 1. The standard InChI is InChI=1S/C20H18N4O4S2/c1-21-20(25)15-9-7-14(8-10-15)12-24(13-16-4-3-11-28-16)30(26,27)18-6-2-5-17-19(18)23-29-22-17/h2-11H,12-13H2,1H3,(H,21,25). The first-order valence-electron chi connectivity index (χ1n) is 9.04. The fourth-order valence-electron chi connectivity index (χ4n) is 3.04. The van der Waals surface area contributed by atoms with E-state index in [4.69, 9.17) is 4.42 Å². The van der Waals surface area contributed by atoms with E-state index in [0.29, 0.717) is 22.4 Å². The van der Waals surface area contributed by atoms with Crippen molar-refractivity contribution in [2.75, 3.05) is 7.05 Å². The Hall–Kier alpha value is -3.08. The van der Waals surface area contributed by atoms with Crippen LogP contribution in [-0.2, 0) is 23.1 Å². The maximum absolute atomic E-state index is 13.6. The molecule has 1 amide bonds. The van der Waals surface area contributed by atoms with Crippen LogP contribution in [0, 0.1) is 0 Å². The van der Waals surface area contributed by atoms with Crippen molar-refractivity contribution in [3.63, 3.8) is 0 Å². The Bertz CT molecular complexity index is 1270. The average molecular weight is 443 g/mol. The average Bonchev–Trinajstić information content (AvgIpc) is 3.44. The molecule has 0 aliphatic rings. The van der Waals surface area contributed by atoms with Gasteiger partial charge in [-0.25, -0.2) is 8.42 Å². The third-order valence-electron chi connectivity index (χ3n) is 4.58. The second kappa shape index (κ2) is 8.34. The van der Waals surface area contributed by atoms with Crippen molar-refractivity contribution in [3.05, 3.63) is 77.7 Å². The highest BCUT2D eigenvalue weighted by Crippen LogP contribution is 2.27. The summed E-state index contributed by atoms with van der Waals surface area (Å²) in [5.74, 6) is 0.313. The van der Waals surface area contributed by atoms with E-state index in [1.807, 2.05) is 0 Å². The number of benzene rings is 2. The molecule has 0 atom stereocenters. The molecular formula is C20H18N4O4S2. The minimum absolute atomic E-state index is 0.0560. The third kappa shape index (κ3) is 3.97. The number of sulfonamides is 1. The molecule has 0 unspecified atom stereocenters. The van der Waals surface area contributed by atoms with Gasteiger partial charge >= 0.3 is 0 Å². The van der Waals surface area contributed by atoms with Gasteiger partial charge < -0.3 is 9.73 Å². The highest BCUT2D eigenvalue weighted by molar-refractivity contribution is 7.89. The molecule has 2 aromatic heterocycles. The van der Waals surface area contributed by atoms with E-state index in [2.05, 4.69) is 14.1 Å². The van der Waals surface area contributed by atoms with Crippen LogP contribution in [-0.4, -0.2) is 34.4 Å². The zero-order chi connectivity index (χ0) is 21.1. The summed E-state index contributed by atoms with van der Waals surface area (Å²) < 4.78 is 42.1. The maximum atomic E-state index is 13.6. The molecule has 0 bridgehead atoms. The normalized spacial score (nSPS) is 11.8. The number of aromatic nitrogens is 2. The molecule has 0 aliphatic carbocycles. The van der Waals surface area contributed by atoms with Crippen molar-refractivity contribution in [2.45, 2.75) is 18.0 Å². The summed E-state index contributed by atoms with van der Waals surface area (Å²) in [6.45, 7) is 0.158. The van der Waals surface area contributed by atoms with E-state index in [-0.39, 0.29) is 23.9 Å². The molecule has 8 nitrogen and oxygen atoms in total. The molecule has 2 aromatic carbocycles. The summed E-state index contributed by atoms with van der Waals surface area (Å²) in [6, 6.07) is 15.1. The van der Waals surface area contributed by atoms with Crippen LogP contribution in [0.25, 0.3) is 11.0 Å². The first-order chi connectivity index (χ1) is 14.5. The monoisotopic (exact) mass is 442 g/mol. The number of carbonyl (C=O) groups is 1. The zero-order valence-electron chi connectivity index (χ0n) is 16.0. The van der Waals surface area contributed by atoms with E-state index < -0.39 is 10.0 Å². The van der Waals surface area contributed by atoms with E-state index in [1.54, 1.807) is 55.6 Å². The minimum atomic E-state index is -3.90. The van der Waals surface area contributed by atoms with Crippen molar-refractivity contribution in [3.8, 4) is 0 Å². The lowest BCUT2D eigenvalue weighted by molar-refractivity contribution is 0.0963. The molecule has 0 fully saturated rings. The topological polar surface area (TPSA) is 105 Å². The number of furan rings is 1. The Morgan fingerprint density at radius 2 is 1.87 bits per heavy atom. The van der Waals surface area contributed by atoms with Gasteiger partial charge in [0.15, 0.2) is 0 Å². The minimum Gasteiger partial charge on any atom is -0.468 e. The lowest BCUT2D eigenvalue weighted by Crippen LogP contribution is -2.30. The highest BCUT2D eigenvalue weighted by atomic mass is 32.2. The molecule has 4 rings (SSSR count). The van der Waals surface area contributed by atoms with E-state index >= 15 is 0 Å². The molecule has 10 heteroatoms. The summed E-state index contributed by atoms with van der Waals surface area (Å²) in [5.41, 5.74) is 2.12. The van der Waals surface area contributed by atoms with Gasteiger partial charge in [0.1, 0.15) is 21.7 Å². The molecule has 0 saturated heterocycles. The predicted molar refractivity (Wildman–Crippen MR) is 112 cm³/mol. The number of hydrogen-bond acceptors (Lipinski definition) is 7. The van der Waals surface area contributed by atoms with Gasteiger partial charge in [-0.1, -0.05) is 18.2 Å². The number of nitrogens with one attached hydrogen (secondary N) is 1. The molecule has 1 N–H and O–H groups in total. The summed E-state index contributed by atoms with van der Waals surface area (Å²) in [5, 5.41) is 2.56. The molecule has 0 saturated carbocycles. The summed E-state index contributed by atoms with van der Waals surface area (Å²) in [4.78, 5) is 11.9. The Kier molecular flexibility index (Phi) is 5.62. The van der Waals surface area contributed by atoms with Gasteiger partial charge in [-0.05, 0) is 42.0 Å². The van der Waals surface area contributed by atoms with Crippen LogP contribution < -0.4 is 5.32 Å². The van der Waals surface area contributed by atoms with Crippen LogP contribution in [0.2, 0.25) is 0 Å². The van der Waals surface area contributed by atoms with Gasteiger partial charge in [0, 0.05) is 19.2 Å². The lowest BCUT2D eigenvalue weighted by Gasteiger charge is -2.21. The van der Waals surface area contributed by atoms with Crippen molar-refractivity contribution >= 4 is 38.7 Å². The first-order valence-corrected chi connectivity index (χ1v) is 11.2. The Morgan fingerprint density at radius 1 is 1.07 bits per heavy atom. The van der Waals surface area contributed by atoms with Gasteiger partial charge in [-0.3, -0.25) is 4.79 Å². The van der Waals surface area contributed by atoms with Gasteiger partial charge in [0.25, 0.3) is 5.91 Å². The lowest BCUT2D eigenvalue weighted by atomic mass is 10.1. The van der Waals surface area contributed by atoms with E-state index in [9.17, 15) is 13.2 Å². The van der Waals surface area contributed by atoms with Crippen LogP contribution in [0.3, 0.4) is 0 Å². The summed E-state index contributed by atoms with van der Waals surface area (Å²) in [7, 11) is -2.35. The Balaban J connectivity index is 1.71.